The summed E-state index contributed by atoms with van der Waals surface area (Å²) in [5.74, 6) is -0.627. The first kappa shape index (κ1) is 15.9. The third-order valence-corrected chi connectivity index (χ3v) is 3.74. The molecule has 0 aliphatic carbocycles. The van der Waals surface area contributed by atoms with Crippen LogP contribution in [0, 0.1) is 5.92 Å². The minimum Gasteiger partial charge on any atom is -0.481 e. The first-order chi connectivity index (χ1) is 7.88. The number of carboxylic acid groups (broad SMARTS) is 1. The number of amides is 2. The van der Waals surface area contributed by atoms with Crippen LogP contribution in [-0.4, -0.2) is 45.4 Å². The van der Waals surface area contributed by atoms with E-state index in [2.05, 4.69) is 10.6 Å². The second kappa shape index (κ2) is 8.05. The number of hydrogen-bond donors (Lipinski definition) is 3. The van der Waals surface area contributed by atoms with Crippen LogP contribution in [0.25, 0.3) is 0 Å². The lowest BCUT2D eigenvalue weighted by atomic mass is 10.0. The Morgan fingerprint density at radius 2 is 1.94 bits per heavy atom. The Bertz CT molecular complexity index is 296. The molecule has 0 aliphatic heterocycles. The van der Waals surface area contributed by atoms with E-state index in [9.17, 15) is 13.8 Å². The van der Waals surface area contributed by atoms with Gasteiger partial charge < -0.3 is 15.7 Å². The average Bonchev–Trinajstić information content (AvgIpc) is 2.27. The molecule has 0 fully saturated rings. The van der Waals surface area contributed by atoms with Crippen LogP contribution in [0.2, 0.25) is 0 Å². The van der Waals surface area contributed by atoms with Gasteiger partial charge in [0.2, 0.25) is 0 Å². The first-order valence-corrected chi connectivity index (χ1v) is 6.99. The van der Waals surface area contributed by atoms with Crippen LogP contribution in [0.1, 0.15) is 20.8 Å². The molecule has 0 heterocycles. The van der Waals surface area contributed by atoms with Crippen molar-refractivity contribution in [3.63, 3.8) is 0 Å². The molecular weight excluding hydrogens is 244 g/mol. The molecule has 0 bridgehead atoms. The minimum atomic E-state index is -0.954. The van der Waals surface area contributed by atoms with E-state index in [-0.39, 0.29) is 0 Å². The molecule has 0 aliphatic rings. The Labute approximate surface area is 104 Å². The van der Waals surface area contributed by atoms with Crippen LogP contribution in [0.3, 0.4) is 0 Å². The summed E-state index contributed by atoms with van der Waals surface area (Å²) in [7, 11) is -0.909. The summed E-state index contributed by atoms with van der Waals surface area (Å²) >= 11 is 0. The number of urea groups is 1. The lowest BCUT2D eigenvalue weighted by Gasteiger charge is -2.17. The fourth-order valence-electron chi connectivity index (χ4n) is 1.02. The Kier molecular flexibility index (Phi) is 7.53. The van der Waals surface area contributed by atoms with Gasteiger partial charge in [-0.1, -0.05) is 6.92 Å². The van der Waals surface area contributed by atoms with Crippen molar-refractivity contribution in [2.24, 2.45) is 5.92 Å². The molecule has 0 aromatic heterocycles. The molecule has 3 N–H and O–H groups in total. The summed E-state index contributed by atoms with van der Waals surface area (Å²) in [5.41, 5.74) is 0. The fraction of sp³-hybridized carbons (Fsp3) is 0.800. The van der Waals surface area contributed by atoms with Gasteiger partial charge in [0.1, 0.15) is 0 Å². The summed E-state index contributed by atoms with van der Waals surface area (Å²) in [6.07, 6.45) is 0. The SMILES string of the molecule is CCS(=O)CCNC(=O)NC(C)C(C)C(=O)O. The molecule has 100 valence electrons. The highest BCUT2D eigenvalue weighted by molar-refractivity contribution is 7.84. The summed E-state index contributed by atoms with van der Waals surface area (Å²) in [5, 5.41) is 13.8. The Morgan fingerprint density at radius 3 is 2.41 bits per heavy atom. The molecule has 6 nitrogen and oxygen atoms in total. The van der Waals surface area contributed by atoms with E-state index in [1.807, 2.05) is 6.92 Å². The number of carbonyl (C=O) groups excluding carboxylic acids is 1. The maximum absolute atomic E-state index is 11.3. The van der Waals surface area contributed by atoms with Gasteiger partial charge in [-0.2, -0.15) is 0 Å². The molecule has 0 saturated heterocycles. The molecule has 0 radical (unpaired) electrons. The van der Waals surface area contributed by atoms with E-state index in [0.717, 1.165) is 0 Å². The van der Waals surface area contributed by atoms with E-state index < -0.39 is 34.8 Å². The fourth-order valence-corrected chi connectivity index (χ4v) is 1.64. The van der Waals surface area contributed by atoms with Crippen LogP contribution in [0.15, 0.2) is 0 Å². The number of hydrogen-bond acceptors (Lipinski definition) is 3. The van der Waals surface area contributed by atoms with Gasteiger partial charge in [0.15, 0.2) is 0 Å². The Hall–Kier alpha value is -1.11. The molecule has 0 aromatic carbocycles. The van der Waals surface area contributed by atoms with Crippen molar-refractivity contribution >= 4 is 22.8 Å². The van der Waals surface area contributed by atoms with Crippen molar-refractivity contribution in [3.05, 3.63) is 0 Å². The van der Waals surface area contributed by atoms with Crippen molar-refractivity contribution in [3.8, 4) is 0 Å². The molecule has 0 saturated carbocycles. The minimum absolute atomic E-state index is 0.320. The maximum Gasteiger partial charge on any atom is 0.315 e. The predicted octanol–water partition coefficient (Wildman–Crippen LogP) is 0.163. The third-order valence-electron chi connectivity index (χ3n) is 2.44. The molecule has 17 heavy (non-hydrogen) atoms. The number of carbonyl (C=O) groups is 2. The zero-order chi connectivity index (χ0) is 13.4. The van der Waals surface area contributed by atoms with E-state index in [1.165, 1.54) is 6.92 Å². The van der Waals surface area contributed by atoms with Crippen LogP contribution in [-0.2, 0) is 15.6 Å². The van der Waals surface area contributed by atoms with Crippen LogP contribution < -0.4 is 10.6 Å². The van der Waals surface area contributed by atoms with Crippen molar-refractivity contribution in [2.45, 2.75) is 26.8 Å². The molecule has 2 amide bonds. The largest absolute Gasteiger partial charge is 0.481 e. The van der Waals surface area contributed by atoms with E-state index in [1.54, 1.807) is 6.92 Å². The van der Waals surface area contributed by atoms with Crippen molar-refractivity contribution in [1.82, 2.24) is 10.6 Å². The van der Waals surface area contributed by atoms with Gasteiger partial charge in [0.05, 0.1) is 5.92 Å². The maximum atomic E-state index is 11.3. The lowest BCUT2D eigenvalue weighted by molar-refractivity contribution is -0.141. The standard InChI is InChI=1S/C10H20N2O4S/c1-4-17(16)6-5-11-10(15)12-8(3)7(2)9(13)14/h7-8H,4-6H2,1-3H3,(H,13,14)(H2,11,12,15). The molecule has 0 spiro atoms. The van der Waals surface area contributed by atoms with Gasteiger partial charge in [-0.05, 0) is 13.8 Å². The summed E-state index contributed by atoms with van der Waals surface area (Å²) in [6.45, 7) is 5.29. The summed E-state index contributed by atoms with van der Waals surface area (Å²) in [6, 6.07) is -0.886. The predicted molar refractivity (Wildman–Crippen MR) is 66.3 cm³/mol. The van der Waals surface area contributed by atoms with Crippen LogP contribution >= 0.6 is 0 Å². The lowest BCUT2D eigenvalue weighted by Crippen LogP contribution is -2.46. The first-order valence-electron chi connectivity index (χ1n) is 5.50. The Balaban J connectivity index is 3.86. The highest BCUT2D eigenvalue weighted by atomic mass is 32.2. The number of aliphatic carboxylic acids is 1. The van der Waals surface area contributed by atoms with E-state index in [0.29, 0.717) is 18.1 Å². The molecule has 3 unspecified atom stereocenters. The van der Waals surface area contributed by atoms with Crippen molar-refractivity contribution < 1.29 is 18.9 Å². The van der Waals surface area contributed by atoms with Gasteiger partial charge in [0.25, 0.3) is 0 Å². The van der Waals surface area contributed by atoms with E-state index in [4.69, 9.17) is 5.11 Å². The molecule has 7 heteroatoms. The smallest absolute Gasteiger partial charge is 0.315 e. The van der Waals surface area contributed by atoms with Gasteiger partial charge in [-0.3, -0.25) is 9.00 Å². The quantitative estimate of drug-likeness (QED) is 0.610. The average molecular weight is 264 g/mol. The highest BCUT2D eigenvalue weighted by Gasteiger charge is 2.20. The topological polar surface area (TPSA) is 95.5 Å². The number of rotatable bonds is 7. The van der Waals surface area contributed by atoms with Crippen LogP contribution in [0.5, 0.6) is 0 Å². The second-order valence-corrected chi connectivity index (χ2v) is 5.61. The van der Waals surface area contributed by atoms with Crippen molar-refractivity contribution in [2.75, 3.05) is 18.1 Å². The second-order valence-electron chi connectivity index (χ2n) is 3.75. The third kappa shape index (κ3) is 6.93. The zero-order valence-corrected chi connectivity index (χ0v) is 11.2. The molecular formula is C10H20N2O4S. The molecule has 3 atom stereocenters. The molecule has 0 aromatic rings. The number of nitrogens with one attached hydrogen (secondary N) is 2. The van der Waals surface area contributed by atoms with Gasteiger partial charge in [-0.15, -0.1) is 0 Å². The van der Waals surface area contributed by atoms with Crippen LogP contribution in [0.4, 0.5) is 4.79 Å². The molecule has 0 rings (SSSR count). The number of carboxylic acids is 1. The van der Waals surface area contributed by atoms with Gasteiger partial charge >= 0.3 is 12.0 Å². The summed E-state index contributed by atoms with van der Waals surface area (Å²) in [4.78, 5) is 22.0. The van der Waals surface area contributed by atoms with Gasteiger partial charge in [-0.25, -0.2) is 4.79 Å². The monoisotopic (exact) mass is 264 g/mol. The Morgan fingerprint density at radius 1 is 1.35 bits per heavy atom. The van der Waals surface area contributed by atoms with Crippen molar-refractivity contribution in [1.29, 1.82) is 0 Å². The highest BCUT2D eigenvalue weighted by Crippen LogP contribution is 2.01. The van der Waals surface area contributed by atoms with Gasteiger partial charge in [0, 0.05) is 34.9 Å². The normalized spacial score (nSPS) is 15.7. The summed E-state index contributed by atoms with van der Waals surface area (Å²) < 4.78 is 11.1. The zero-order valence-electron chi connectivity index (χ0n) is 10.4. The van der Waals surface area contributed by atoms with E-state index >= 15 is 0 Å².